The zero-order valence-corrected chi connectivity index (χ0v) is 12.0. The Hall–Kier alpha value is -1.49. The quantitative estimate of drug-likeness (QED) is 0.714. The van der Waals surface area contributed by atoms with Crippen LogP contribution in [-0.2, 0) is 0 Å². The highest BCUT2D eigenvalue weighted by Gasteiger charge is 2.04. The van der Waals surface area contributed by atoms with E-state index in [2.05, 4.69) is 10.6 Å². The molecule has 0 bridgehead atoms. The summed E-state index contributed by atoms with van der Waals surface area (Å²) in [6.07, 6.45) is 0. The second kappa shape index (κ2) is 6.10. The Labute approximate surface area is 126 Å². The van der Waals surface area contributed by atoms with Crippen LogP contribution in [0.3, 0.4) is 0 Å². The summed E-state index contributed by atoms with van der Waals surface area (Å²) in [5, 5.41) is 16.7. The molecule has 98 valence electrons. The third-order valence-electron chi connectivity index (χ3n) is 2.28. The third kappa shape index (κ3) is 3.99. The first-order valence-corrected chi connectivity index (χ1v) is 6.53. The van der Waals surface area contributed by atoms with Crippen molar-refractivity contribution in [1.82, 2.24) is 0 Å². The standard InChI is InChI=1S/C13H10Cl2N2OS/c14-8-4-5-12(11(15)6-8)17-13(19)16-9-2-1-3-10(18)7-9/h1-7,18H,(H2,16,17,19). The Morgan fingerprint density at radius 2 is 1.84 bits per heavy atom. The second-order valence-corrected chi connectivity index (χ2v) is 5.01. The van der Waals surface area contributed by atoms with Crippen LogP contribution in [0.15, 0.2) is 42.5 Å². The zero-order valence-electron chi connectivity index (χ0n) is 9.65. The van der Waals surface area contributed by atoms with E-state index in [0.717, 1.165) is 0 Å². The van der Waals surface area contributed by atoms with E-state index in [4.69, 9.17) is 35.4 Å². The lowest BCUT2D eigenvalue weighted by Crippen LogP contribution is -2.19. The number of anilines is 2. The van der Waals surface area contributed by atoms with Gasteiger partial charge >= 0.3 is 0 Å². The summed E-state index contributed by atoms with van der Waals surface area (Å²) in [6.45, 7) is 0. The van der Waals surface area contributed by atoms with Gasteiger partial charge in [-0.15, -0.1) is 0 Å². The normalized spacial score (nSPS) is 10.0. The predicted octanol–water partition coefficient (Wildman–Crippen LogP) is 4.51. The van der Waals surface area contributed by atoms with Crippen molar-refractivity contribution in [1.29, 1.82) is 0 Å². The molecule has 0 heterocycles. The molecular weight excluding hydrogens is 303 g/mol. The summed E-state index contributed by atoms with van der Waals surface area (Å²) in [6, 6.07) is 11.7. The minimum atomic E-state index is 0.164. The molecule has 19 heavy (non-hydrogen) atoms. The van der Waals surface area contributed by atoms with Crippen LogP contribution < -0.4 is 10.6 Å². The van der Waals surface area contributed by atoms with E-state index < -0.39 is 0 Å². The fraction of sp³-hybridized carbons (Fsp3) is 0. The van der Waals surface area contributed by atoms with Gasteiger partial charge in [0.1, 0.15) is 5.75 Å². The van der Waals surface area contributed by atoms with Crippen LogP contribution in [0.1, 0.15) is 0 Å². The predicted molar refractivity (Wildman–Crippen MR) is 84.4 cm³/mol. The number of thiocarbonyl (C=S) groups is 1. The van der Waals surface area contributed by atoms with Crippen molar-refractivity contribution in [3.63, 3.8) is 0 Å². The summed E-state index contributed by atoms with van der Waals surface area (Å²) < 4.78 is 0. The minimum Gasteiger partial charge on any atom is -0.508 e. The number of hydrogen-bond donors (Lipinski definition) is 3. The summed E-state index contributed by atoms with van der Waals surface area (Å²) in [7, 11) is 0. The average Bonchev–Trinajstić information content (AvgIpc) is 2.33. The molecule has 0 saturated heterocycles. The fourth-order valence-electron chi connectivity index (χ4n) is 1.46. The van der Waals surface area contributed by atoms with E-state index in [1.165, 1.54) is 0 Å². The highest BCUT2D eigenvalue weighted by Crippen LogP contribution is 2.25. The number of nitrogens with one attached hydrogen (secondary N) is 2. The molecule has 0 amide bonds. The van der Waals surface area contributed by atoms with Crippen molar-refractivity contribution in [3.8, 4) is 5.75 Å². The molecule has 0 aliphatic carbocycles. The Morgan fingerprint density at radius 1 is 1.05 bits per heavy atom. The summed E-state index contributed by atoms with van der Waals surface area (Å²) in [5.74, 6) is 0.164. The fourth-order valence-corrected chi connectivity index (χ4v) is 2.14. The van der Waals surface area contributed by atoms with E-state index >= 15 is 0 Å². The van der Waals surface area contributed by atoms with E-state index in [9.17, 15) is 5.11 Å². The van der Waals surface area contributed by atoms with Gasteiger partial charge in [0.15, 0.2) is 5.11 Å². The van der Waals surface area contributed by atoms with Gasteiger partial charge in [0.25, 0.3) is 0 Å². The van der Waals surface area contributed by atoms with Gasteiger partial charge in [-0.1, -0.05) is 29.3 Å². The summed E-state index contributed by atoms with van der Waals surface area (Å²) in [5.41, 5.74) is 1.34. The molecule has 0 fully saturated rings. The van der Waals surface area contributed by atoms with Gasteiger partial charge < -0.3 is 15.7 Å². The van der Waals surface area contributed by atoms with Gasteiger partial charge in [-0.05, 0) is 42.5 Å². The summed E-state index contributed by atoms with van der Waals surface area (Å²) >= 11 is 17.0. The molecule has 0 aliphatic rings. The van der Waals surface area contributed by atoms with Crippen LogP contribution in [0.25, 0.3) is 0 Å². The molecule has 0 saturated carbocycles. The third-order valence-corrected chi connectivity index (χ3v) is 3.04. The van der Waals surface area contributed by atoms with Crippen LogP contribution in [0.4, 0.5) is 11.4 Å². The molecule has 3 N–H and O–H groups in total. The number of hydrogen-bond acceptors (Lipinski definition) is 2. The van der Waals surface area contributed by atoms with Crippen molar-refractivity contribution in [3.05, 3.63) is 52.5 Å². The monoisotopic (exact) mass is 312 g/mol. The molecule has 0 atom stereocenters. The van der Waals surface area contributed by atoms with Gasteiger partial charge in [0.05, 0.1) is 10.7 Å². The highest BCUT2D eigenvalue weighted by atomic mass is 35.5. The van der Waals surface area contributed by atoms with Crippen molar-refractivity contribution < 1.29 is 5.11 Å². The summed E-state index contributed by atoms with van der Waals surface area (Å²) in [4.78, 5) is 0. The van der Waals surface area contributed by atoms with Crippen LogP contribution in [0.5, 0.6) is 5.75 Å². The lowest BCUT2D eigenvalue weighted by Gasteiger charge is -2.12. The first-order chi connectivity index (χ1) is 9.04. The Balaban J connectivity index is 2.05. The topological polar surface area (TPSA) is 44.3 Å². The molecule has 3 nitrogen and oxygen atoms in total. The number of benzene rings is 2. The second-order valence-electron chi connectivity index (χ2n) is 3.75. The molecule has 2 aromatic carbocycles. The Morgan fingerprint density at radius 3 is 2.53 bits per heavy atom. The maximum absolute atomic E-state index is 9.35. The molecular formula is C13H10Cl2N2OS. The number of halogens is 2. The average molecular weight is 313 g/mol. The van der Waals surface area contributed by atoms with E-state index in [-0.39, 0.29) is 5.75 Å². The van der Waals surface area contributed by atoms with E-state index in [1.54, 1.807) is 42.5 Å². The van der Waals surface area contributed by atoms with Gasteiger partial charge in [-0.2, -0.15) is 0 Å². The van der Waals surface area contributed by atoms with E-state index in [0.29, 0.717) is 26.5 Å². The number of rotatable bonds is 2. The number of phenols is 1. The molecule has 0 spiro atoms. The minimum absolute atomic E-state index is 0.164. The van der Waals surface area contributed by atoms with Gasteiger partial charge in [-0.3, -0.25) is 0 Å². The molecule has 2 aromatic rings. The zero-order chi connectivity index (χ0) is 13.8. The lowest BCUT2D eigenvalue weighted by atomic mass is 10.3. The largest absolute Gasteiger partial charge is 0.508 e. The van der Waals surface area contributed by atoms with Crippen LogP contribution in [-0.4, -0.2) is 10.2 Å². The van der Waals surface area contributed by atoms with Crippen LogP contribution >= 0.6 is 35.4 Å². The molecule has 2 rings (SSSR count). The van der Waals surface area contributed by atoms with Crippen molar-refractivity contribution in [2.24, 2.45) is 0 Å². The Bertz CT molecular complexity index is 619. The number of phenolic OH excluding ortho intramolecular Hbond substituents is 1. The molecule has 0 aliphatic heterocycles. The lowest BCUT2D eigenvalue weighted by molar-refractivity contribution is 0.475. The van der Waals surface area contributed by atoms with Gasteiger partial charge in [0.2, 0.25) is 0 Å². The van der Waals surface area contributed by atoms with Crippen LogP contribution in [0.2, 0.25) is 10.0 Å². The maximum Gasteiger partial charge on any atom is 0.175 e. The van der Waals surface area contributed by atoms with Gasteiger partial charge in [-0.25, -0.2) is 0 Å². The van der Waals surface area contributed by atoms with Crippen molar-refractivity contribution in [2.45, 2.75) is 0 Å². The van der Waals surface area contributed by atoms with Crippen LogP contribution in [0, 0.1) is 0 Å². The highest BCUT2D eigenvalue weighted by molar-refractivity contribution is 7.80. The first kappa shape index (κ1) is 13.9. The van der Waals surface area contributed by atoms with Gasteiger partial charge in [0, 0.05) is 16.8 Å². The SMILES string of the molecule is Oc1cccc(NC(=S)Nc2ccc(Cl)cc2Cl)c1. The first-order valence-electron chi connectivity index (χ1n) is 5.37. The molecule has 6 heteroatoms. The molecule has 0 aromatic heterocycles. The smallest absolute Gasteiger partial charge is 0.175 e. The number of aromatic hydroxyl groups is 1. The maximum atomic E-state index is 9.35. The molecule has 0 unspecified atom stereocenters. The molecule has 0 radical (unpaired) electrons. The Kier molecular flexibility index (Phi) is 4.47. The van der Waals surface area contributed by atoms with Crippen molar-refractivity contribution >= 4 is 51.9 Å². The van der Waals surface area contributed by atoms with Crippen molar-refractivity contribution in [2.75, 3.05) is 10.6 Å². The van der Waals surface area contributed by atoms with E-state index in [1.807, 2.05) is 0 Å².